The number of nitrogens with two attached hydrogens (primary N) is 3. The Bertz CT molecular complexity index is 1020. The summed E-state index contributed by atoms with van der Waals surface area (Å²) in [4.78, 5) is 18.5. The van der Waals surface area contributed by atoms with E-state index in [9.17, 15) is 23.4 Å². The molecule has 0 unspecified atom stereocenters. The van der Waals surface area contributed by atoms with Gasteiger partial charge in [-0.25, -0.2) is 18.1 Å². The second-order valence-electron chi connectivity index (χ2n) is 5.82. The smallest absolute Gasteiger partial charge is 0.241 e. The van der Waals surface area contributed by atoms with Gasteiger partial charge in [0.1, 0.15) is 0 Å². The Hall–Kier alpha value is -2.51. The van der Waals surface area contributed by atoms with Crippen LogP contribution < -0.4 is 21.9 Å². The van der Waals surface area contributed by atoms with Crippen LogP contribution in [-0.2, 0) is 14.8 Å². The standard InChI is InChI=1S/C15H19ClN6O5S/c16-10-6-20-13(21-15(18)19)9-5-7(1-2-8(9)10)28(26,27)22-11(14(24)25)3-4-12(17)23/h1-2,5-6,11,14,22,24-25H,3-4H2,(H2,17,23)(H4,18,19,20,21)/t11-/m0/s1. The summed E-state index contributed by atoms with van der Waals surface area (Å²) >= 11 is 6.08. The van der Waals surface area contributed by atoms with Crippen molar-refractivity contribution in [3.63, 3.8) is 0 Å². The fourth-order valence-corrected chi connectivity index (χ4v) is 3.89. The molecule has 1 atom stereocenters. The van der Waals surface area contributed by atoms with E-state index < -0.39 is 28.3 Å². The van der Waals surface area contributed by atoms with Crippen molar-refractivity contribution in [3.05, 3.63) is 29.4 Å². The number of aliphatic hydroxyl groups is 2. The SMILES string of the molecule is NC(=O)CC[C@H](NS(=O)(=O)c1ccc2c(Cl)cnc(N=C(N)N)c2c1)C(O)O. The minimum atomic E-state index is -4.21. The van der Waals surface area contributed by atoms with Gasteiger partial charge >= 0.3 is 0 Å². The van der Waals surface area contributed by atoms with Crippen LogP contribution in [0, 0.1) is 0 Å². The number of guanidine groups is 1. The minimum Gasteiger partial charge on any atom is -0.370 e. The molecule has 0 fully saturated rings. The number of hydrogen-bond acceptors (Lipinski definition) is 7. The van der Waals surface area contributed by atoms with Gasteiger partial charge in [0.25, 0.3) is 0 Å². The summed E-state index contributed by atoms with van der Waals surface area (Å²) in [5.74, 6) is -0.931. The van der Waals surface area contributed by atoms with Crippen molar-refractivity contribution in [1.82, 2.24) is 9.71 Å². The number of carbonyl (C=O) groups excluding carboxylic acids is 1. The molecule has 0 aliphatic heterocycles. The third kappa shape index (κ3) is 5.27. The molecule has 28 heavy (non-hydrogen) atoms. The Balaban J connectivity index is 2.47. The number of sulfonamides is 1. The first-order valence-corrected chi connectivity index (χ1v) is 9.72. The first-order valence-electron chi connectivity index (χ1n) is 7.86. The predicted octanol–water partition coefficient (Wildman–Crippen LogP) is -0.984. The zero-order valence-corrected chi connectivity index (χ0v) is 16.0. The maximum absolute atomic E-state index is 12.7. The van der Waals surface area contributed by atoms with Crippen LogP contribution in [0.1, 0.15) is 12.8 Å². The van der Waals surface area contributed by atoms with Crippen molar-refractivity contribution in [2.45, 2.75) is 30.1 Å². The molecule has 13 heteroatoms. The van der Waals surface area contributed by atoms with E-state index in [-0.39, 0.29) is 39.9 Å². The summed E-state index contributed by atoms with van der Waals surface area (Å²) in [6.07, 6.45) is -1.16. The zero-order chi connectivity index (χ0) is 21.1. The maximum atomic E-state index is 12.7. The Kier molecular flexibility index (Phi) is 6.74. The molecule has 1 amide bonds. The van der Waals surface area contributed by atoms with Gasteiger partial charge in [0.05, 0.1) is 16.0 Å². The number of benzene rings is 1. The summed E-state index contributed by atoms with van der Waals surface area (Å²) in [5.41, 5.74) is 15.7. The van der Waals surface area contributed by atoms with Gasteiger partial charge in [0, 0.05) is 23.4 Å². The molecule has 1 heterocycles. The van der Waals surface area contributed by atoms with Crippen LogP contribution in [0.3, 0.4) is 0 Å². The van der Waals surface area contributed by atoms with Crippen molar-refractivity contribution >= 4 is 50.1 Å². The van der Waals surface area contributed by atoms with Gasteiger partial charge in [-0.3, -0.25) is 4.79 Å². The number of aliphatic imine (C=N–C) groups is 1. The monoisotopic (exact) mass is 430 g/mol. The zero-order valence-electron chi connectivity index (χ0n) is 14.4. The average molecular weight is 431 g/mol. The molecule has 0 radical (unpaired) electrons. The number of fused-ring (bicyclic) bond motifs is 1. The normalized spacial score (nSPS) is 12.9. The highest BCUT2D eigenvalue weighted by atomic mass is 35.5. The number of nitrogens with zero attached hydrogens (tertiary/aromatic N) is 2. The van der Waals surface area contributed by atoms with Crippen molar-refractivity contribution in [2.75, 3.05) is 0 Å². The number of pyridine rings is 1. The van der Waals surface area contributed by atoms with E-state index in [0.29, 0.717) is 5.39 Å². The number of amides is 1. The molecular formula is C15H19ClN6O5S. The molecule has 2 rings (SSSR count). The molecule has 0 spiro atoms. The first-order chi connectivity index (χ1) is 13.0. The fraction of sp³-hybridized carbons (Fsp3) is 0.267. The van der Waals surface area contributed by atoms with E-state index >= 15 is 0 Å². The molecule has 0 aliphatic carbocycles. The first kappa shape index (κ1) is 21.8. The van der Waals surface area contributed by atoms with E-state index in [0.717, 1.165) is 0 Å². The second kappa shape index (κ2) is 8.67. The van der Waals surface area contributed by atoms with Gasteiger partial charge in [0.2, 0.25) is 15.9 Å². The highest BCUT2D eigenvalue weighted by molar-refractivity contribution is 7.89. The van der Waals surface area contributed by atoms with Crippen LogP contribution in [0.5, 0.6) is 0 Å². The lowest BCUT2D eigenvalue weighted by atomic mass is 10.1. The highest BCUT2D eigenvalue weighted by Gasteiger charge is 2.25. The molecule has 0 bridgehead atoms. The molecule has 0 saturated heterocycles. The lowest BCUT2D eigenvalue weighted by molar-refractivity contribution is -0.118. The van der Waals surface area contributed by atoms with Gasteiger partial charge in [-0.1, -0.05) is 17.7 Å². The van der Waals surface area contributed by atoms with Gasteiger partial charge < -0.3 is 27.4 Å². The van der Waals surface area contributed by atoms with E-state index in [2.05, 4.69) is 14.7 Å². The summed E-state index contributed by atoms with van der Waals surface area (Å²) in [6, 6.07) is 2.61. The van der Waals surface area contributed by atoms with Gasteiger partial charge in [0.15, 0.2) is 18.1 Å². The Morgan fingerprint density at radius 3 is 2.50 bits per heavy atom. The van der Waals surface area contributed by atoms with Crippen molar-refractivity contribution in [3.8, 4) is 0 Å². The van der Waals surface area contributed by atoms with Crippen molar-refractivity contribution < 1.29 is 23.4 Å². The molecule has 1 aromatic carbocycles. The van der Waals surface area contributed by atoms with E-state index in [1.807, 2.05) is 0 Å². The molecule has 0 saturated carbocycles. The number of hydrogen-bond donors (Lipinski definition) is 6. The highest BCUT2D eigenvalue weighted by Crippen LogP contribution is 2.31. The number of primary amides is 1. The molecular weight excluding hydrogens is 412 g/mol. The number of rotatable bonds is 8. The van der Waals surface area contributed by atoms with Gasteiger partial charge in [-0.15, -0.1) is 0 Å². The van der Waals surface area contributed by atoms with Gasteiger partial charge in [-0.05, 0) is 18.6 Å². The molecule has 9 N–H and O–H groups in total. The number of aliphatic hydroxyl groups excluding tert-OH is 1. The number of aromatic nitrogens is 1. The quantitative estimate of drug-likeness (QED) is 0.174. The fourth-order valence-electron chi connectivity index (χ4n) is 2.39. The maximum Gasteiger partial charge on any atom is 0.241 e. The van der Waals surface area contributed by atoms with Crippen molar-refractivity contribution in [1.29, 1.82) is 0 Å². The Labute approximate surface area is 165 Å². The molecule has 11 nitrogen and oxygen atoms in total. The van der Waals surface area contributed by atoms with E-state index in [1.165, 1.54) is 24.4 Å². The Morgan fingerprint density at radius 2 is 1.93 bits per heavy atom. The molecule has 152 valence electrons. The summed E-state index contributed by atoms with van der Waals surface area (Å²) < 4.78 is 27.5. The minimum absolute atomic E-state index is 0.0592. The van der Waals surface area contributed by atoms with Crippen LogP contribution in [0.25, 0.3) is 10.8 Å². The summed E-state index contributed by atoms with van der Waals surface area (Å²) in [6.45, 7) is 0. The lowest BCUT2D eigenvalue weighted by Gasteiger charge is -2.20. The predicted molar refractivity (Wildman–Crippen MR) is 103 cm³/mol. The second-order valence-corrected chi connectivity index (χ2v) is 7.94. The summed E-state index contributed by atoms with van der Waals surface area (Å²) in [5, 5.41) is 19.8. The average Bonchev–Trinajstić information content (AvgIpc) is 2.60. The number of nitrogens with one attached hydrogen (secondary N) is 1. The number of halogens is 1. The van der Waals surface area contributed by atoms with Crippen LogP contribution >= 0.6 is 11.6 Å². The van der Waals surface area contributed by atoms with Crippen LogP contribution in [0.4, 0.5) is 5.82 Å². The third-order valence-electron chi connectivity index (χ3n) is 3.70. The van der Waals surface area contributed by atoms with Crippen LogP contribution in [0.15, 0.2) is 34.3 Å². The van der Waals surface area contributed by atoms with E-state index in [1.54, 1.807) is 0 Å². The molecule has 0 aliphatic rings. The summed E-state index contributed by atoms with van der Waals surface area (Å²) in [7, 11) is -4.21. The van der Waals surface area contributed by atoms with Gasteiger partial charge in [-0.2, -0.15) is 4.99 Å². The third-order valence-corrected chi connectivity index (χ3v) is 5.49. The largest absolute Gasteiger partial charge is 0.370 e. The van der Waals surface area contributed by atoms with E-state index in [4.69, 9.17) is 28.8 Å². The number of carbonyl (C=O) groups is 1. The van der Waals surface area contributed by atoms with Crippen LogP contribution in [-0.4, -0.2) is 47.8 Å². The Morgan fingerprint density at radius 1 is 1.25 bits per heavy atom. The topological polar surface area (TPSA) is 207 Å². The lowest BCUT2D eigenvalue weighted by Crippen LogP contribution is -2.43. The van der Waals surface area contributed by atoms with Crippen molar-refractivity contribution in [2.24, 2.45) is 22.2 Å². The molecule has 2 aromatic rings. The van der Waals surface area contributed by atoms with Crippen LogP contribution in [0.2, 0.25) is 5.02 Å². The molecule has 1 aromatic heterocycles.